The fourth-order valence-corrected chi connectivity index (χ4v) is 3.68. The molecule has 0 radical (unpaired) electrons. The molecule has 0 saturated carbocycles. The lowest BCUT2D eigenvalue weighted by Crippen LogP contribution is -2.30. The van der Waals surface area contributed by atoms with Gasteiger partial charge in [0.1, 0.15) is 0 Å². The normalized spacial score (nSPS) is 10.7. The van der Waals surface area contributed by atoms with Crippen molar-refractivity contribution in [2.45, 2.75) is 6.92 Å². The van der Waals surface area contributed by atoms with Crippen LogP contribution in [0.15, 0.2) is 72.0 Å². The number of hydrogen-bond acceptors (Lipinski definition) is 5. The highest BCUT2D eigenvalue weighted by molar-refractivity contribution is 7.19. The molecule has 0 aliphatic carbocycles. The summed E-state index contributed by atoms with van der Waals surface area (Å²) < 4.78 is 1.39. The number of rotatable bonds is 4. The molecule has 158 valence electrons. The zero-order valence-electron chi connectivity index (χ0n) is 17.0. The van der Waals surface area contributed by atoms with E-state index in [1.807, 2.05) is 11.3 Å². The van der Waals surface area contributed by atoms with E-state index in [9.17, 15) is 9.59 Å². The van der Waals surface area contributed by atoms with Crippen molar-refractivity contribution in [3.05, 3.63) is 77.4 Å². The third kappa shape index (κ3) is 6.00. The van der Waals surface area contributed by atoms with Crippen LogP contribution in [0.1, 0.15) is 15.2 Å². The van der Waals surface area contributed by atoms with E-state index in [1.165, 1.54) is 28.2 Å². The SMILES string of the molecule is CN=C(NC=O)Nc1ccccc1C(=O)Nc1ncc[nH]1.Cc1cc2ccccc2s1. The number of nitrogens with one attached hydrogen (secondary N) is 4. The van der Waals surface area contributed by atoms with Gasteiger partial charge >= 0.3 is 0 Å². The van der Waals surface area contributed by atoms with Crippen LogP contribution in [0, 0.1) is 6.92 Å². The first-order chi connectivity index (χ1) is 15.1. The minimum atomic E-state index is -0.338. The maximum absolute atomic E-state index is 12.2. The Morgan fingerprint density at radius 3 is 2.61 bits per heavy atom. The lowest BCUT2D eigenvalue weighted by Gasteiger charge is -2.12. The van der Waals surface area contributed by atoms with E-state index < -0.39 is 0 Å². The quantitative estimate of drug-likeness (QED) is 0.221. The molecule has 2 amide bonds. The molecule has 0 unspecified atom stereocenters. The molecule has 8 nitrogen and oxygen atoms in total. The van der Waals surface area contributed by atoms with Crippen LogP contribution in [0.4, 0.5) is 11.6 Å². The molecule has 4 aromatic rings. The molecule has 0 atom stereocenters. The molecule has 0 bridgehead atoms. The number of nitrogens with zero attached hydrogens (tertiary/aromatic N) is 2. The summed E-state index contributed by atoms with van der Waals surface area (Å²) in [5.74, 6) is 0.253. The Labute approximate surface area is 183 Å². The largest absolute Gasteiger partial charge is 0.331 e. The first kappa shape index (κ1) is 21.7. The molecule has 0 fully saturated rings. The van der Waals surface area contributed by atoms with Crippen molar-refractivity contribution in [2.24, 2.45) is 4.99 Å². The van der Waals surface area contributed by atoms with Gasteiger partial charge in [0.25, 0.3) is 5.91 Å². The number of aromatic nitrogens is 2. The second-order valence-electron chi connectivity index (χ2n) is 6.29. The smallest absolute Gasteiger partial charge is 0.260 e. The molecule has 0 saturated heterocycles. The van der Waals surface area contributed by atoms with E-state index in [1.54, 1.807) is 30.5 Å². The van der Waals surface area contributed by atoms with Crippen LogP contribution >= 0.6 is 11.3 Å². The number of aromatic amines is 1. The molecule has 2 aromatic carbocycles. The van der Waals surface area contributed by atoms with Crippen LogP contribution < -0.4 is 16.0 Å². The van der Waals surface area contributed by atoms with Crippen LogP contribution in [0.2, 0.25) is 0 Å². The van der Waals surface area contributed by atoms with Crippen molar-refractivity contribution >= 4 is 51.3 Å². The number of hydrogen-bond donors (Lipinski definition) is 4. The number of benzene rings is 2. The second-order valence-corrected chi connectivity index (χ2v) is 7.58. The number of thiophene rings is 1. The van der Waals surface area contributed by atoms with Crippen molar-refractivity contribution in [1.29, 1.82) is 0 Å². The van der Waals surface area contributed by atoms with E-state index in [0.717, 1.165) is 0 Å². The third-order valence-electron chi connectivity index (χ3n) is 4.12. The van der Waals surface area contributed by atoms with E-state index in [4.69, 9.17) is 0 Å². The van der Waals surface area contributed by atoms with Gasteiger partial charge in [-0.05, 0) is 36.6 Å². The van der Waals surface area contributed by atoms with Crippen molar-refractivity contribution < 1.29 is 9.59 Å². The number of para-hydroxylation sites is 1. The predicted octanol–water partition coefficient (Wildman–Crippen LogP) is 4.02. The standard InChI is InChI=1S/C13H14N6O2.C9H8S/c1-14-12(17-8-20)18-10-5-3-2-4-9(10)11(21)19-13-15-6-7-16-13;1-7-6-8-4-2-3-5-9(8)10-7/h2-8H,1H3,(H2,14,17,18,20)(H2,15,16,19,21);2-6H,1H3. The Morgan fingerprint density at radius 2 is 1.90 bits per heavy atom. The van der Waals surface area contributed by atoms with Crippen LogP contribution in [0.5, 0.6) is 0 Å². The van der Waals surface area contributed by atoms with Gasteiger partial charge in [0, 0.05) is 29.0 Å². The molecule has 0 aliphatic heterocycles. The van der Waals surface area contributed by atoms with E-state index in [-0.39, 0.29) is 11.9 Å². The summed E-state index contributed by atoms with van der Waals surface area (Å²) in [5, 5.41) is 9.27. The fourth-order valence-electron chi connectivity index (χ4n) is 2.75. The topological polar surface area (TPSA) is 111 Å². The first-order valence-corrected chi connectivity index (χ1v) is 10.2. The molecule has 4 N–H and O–H groups in total. The third-order valence-corrected chi connectivity index (χ3v) is 5.15. The van der Waals surface area contributed by atoms with Crippen LogP contribution in [0.3, 0.4) is 0 Å². The Hall–Kier alpha value is -3.98. The zero-order valence-corrected chi connectivity index (χ0v) is 17.9. The summed E-state index contributed by atoms with van der Waals surface area (Å²) in [6, 6.07) is 17.5. The monoisotopic (exact) mass is 434 g/mol. The zero-order chi connectivity index (χ0) is 22.1. The number of anilines is 2. The summed E-state index contributed by atoms with van der Waals surface area (Å²) >= 11 is 1.85. The van der Waals surface area contributed by atoms with Crippen LogP contribution in [0.25, 0.3) is 10.1 Å². The second kappa shape index (κ2) is 10.7. The molecular formula is C22H22N6O2S. The summed E-state index contributed by atoms with van der Waals surface area (Å²) in [6.45, 7) is 2.14. The fraction of sp³-hybridized carbons (Fsp3) is 0.0909. The van der Waals surface area contributed by atoms with Crippen LogP contribution in [-0.4, -0.2) is 35.3 Å². The molecule has 31 heavy (non-hydrogen) atoms. The van der Waals surface area contributed by atoms with Gasteiger partial charge in [-0.15, -0.1) is 11.3 Å². The minimum Gasteiger partial charge on any atom is -0.331 e. The van der Waals surface area contributed by atoms with Crippen molar-refractivity contribution in [1.82, 2.24) is 15.3 Å². The van der Waals surface area contributed by atoms with Crippen LogP contribution in [-0.2, 0) is 4.79 Å². The van der Waals surface area contributed by atoms with Crippen molar-refractivity contribution in [2.75, 3.05) is 17.7 Å². The molecule has 9 heteroatoms. The Morgan fingerprint density at radius 1 is 1.13 bits per heavy atom. The summed E-state index contributed by atoms with van der Waals surface area (Å²) in [4.78, 5) is 34.7. The van der Waals surface area contributed by atoms with Gasteiger partial charge in [-0.3, -0.25) is 25.2 Å². The van der Waals surface area contributed by atoms with Gasteiger partial charge < -0.3 is 10.3 Å². The van der Waals surface area contributed by atoms with Gasteiger partial charge in [0.05, 0.1) is 11.3 Å². The minimum absolute atomic E-state index is 0.239. The molecule has 0 spiro atoms. The molecular weight excluding hydrogens is 412 g/mol. The molecule has 0 aliphatic rings. The van der Waals surface area contributed by atoms with Gasteiger partial charge in [-0.2, -0.15) is 0 Å². The van der Waals surface area contributed by atoms with Gasteiger partial charge in [-0.1, -0.05) is 30.3 Å². The van der Waals surface area contributed by atoms with Gasteiger partial charge in [0.2, 0.25) is 18.3 Å². The maximum atomic E-state index is 12.2. The number of imidazole rings is 1. The highest BCUT2D eigenvalue weighted by atomic mass is 32.1. The Kier molecular flexibility index (Phi) is 7.50. The predicted molar refractivity (Wildman–Crippen MR) is 126 cm³/mol. The Bertz CT molecular complexity index is 1150. The number of amides is 2. The lowest BCUT2D eigenvalue weighted by molar-refractivity contribution is -0.108. The number of guanidine groups is 1. The van der Waals surface area contributed by atoms with E-state index in [2.05, 4.69) is 68.2 Å². The molecule has 2 heterocycles. The summed E-state index contributed by atoms with van der Waals surface area (Å²) in [6.07, 6.45) is 3.64. The van der Waals surface area contributed by atoms with Crippen molar-refractivity contribution in [3.8, 4) is 0 Å². The number of fused-ring (bicyclic) bond motifs is 1. The van der Waals surface area contributed by atoms with E-state index >= 15 is 0 Å². The number of carbonyl (C=O) groups excluding carboxylic acids is 2. The average Bonchev–Trinajstić information content (AvgIpc) is 3.42. The Balaban J connectivity index is 0.000000225. The number of aliphatic imine (C=N–C) groups is 1. The molecule has 4 rings (SSSR count). The highest BCUT2D eigenvalue weighted by Gasteiger charge is 2.13. The summed E-state index contributed by atoms with van der Waals surface area (Å²) in [5.41, 5.74) is 0.902. The number of H-pyrrole nitrogens is 1. The van der Waals surface area contributed by atoms with E-state index in [0.29, 0.717) is 23.6 Å². The van der Waals surface area contributed by atoms with Crippen molar-refractivity contribution in [3.63, 3.8) is 0 Å². The maximum Gasteiger partial charge on any atom is 0.260 e. The summed E-state index contributed by atoms with van der Waals surface area (Å²) in [7, 11) is 1.52. The molecule has 2 aromatic heterocycles. The number of carbonyl (C=O) groups is 2. The number of aryl methyl sites for hydroxylation is 1. The van der Waals surface area contributed by atoms with Gasteiger partial charge in [0.15, 0.2) is 0 Å². The first-order valence-electron chi connectivity index (χ1n) is 9.39. The van der Waals surface area contributed by atoms with Gasteiger partial charge in [-0.25, -0.2) is 4.98 Å². The lowest BCUT2D eigenvalue weighted by atomic mass is 10.1. The highest BCUT2D eigenvalue weighted by Crippen LogP contribution is 2.23. The average molecular weight is 435 g/mol.